The summed E-state index contributed by atoms with van der Waals surface area (Å²) in [5.74, 6) is -0.130. The fraction of sp³-hybridized carbons (Fsp3) is 0.391. The molecule has 0 heterocycles. The van der Waals surface area contributed by atoms with Crippen LogP contribution in [0.4, 0.5) is 4.79 Å². The number of hydrogen-bond acceptors (Lipinski definition) is 4. The average Bonchev–Trinajstić information content (AvgIpc) is 3.03. The van der Waals surface area contributed by atoms with E-state index >= 15 is 0 Å². The maximum absolute atomic E-state index is 12.4. The summed E-state index contributed by atoms with van der Waals surface area (Å²) < 4.78 is 5.53. The molecule has 0 saturated carbocycles. The van der Waals surface area contributed by atoms with Gasteiger partial charge in [-0.1, -0.05) is 62.4 Å². The molecule has 3 N–H and O–H groups in total. The minimum Gasteiger partial charge on any atom is -0.449 e. The summed E-state index contributed by atoms with van der Waals surface area (Å²) in [7, 11) is 0. The normalized spacial score (nSPS) is 13.5. The van der Waals surface area contributed by atoms with E-state index < -0.39 is 12.1 Å². The second kappa shape index (κ2) is 9.56. The largest absolute Gasteiger partial charge is 0.449 e. The van der Waals surface area contributed by atoms with Gasteiger partial charge in [0.1, 0.15) is 12.6 Å². The van der Waals surface area contributed by atoms with E-state index in [1.54, 1.807) is 0 Å². The Kier molecular flexibility index (Phi) is 6.88. The van der Waals surface area contributed by atoms with E-state index in [1.165, 1.54) is 0 Å². The molecular weight excluding hydrogens is 368 g/mol. The minimum atomic E-state index is -0.697. The van der Waals surface area contributed by atoms with Gasteiger partial charge in [0.15, 0.2) is 0 Å². The van der Waals surface area contributed by atoms with Gasteiger partial charge in [-0.25, -0.2) is 4.79 Å². The Morgan fingerprint density at radius 2 is 1.62 bits per heavy atom. The van der Waals surface area contributed by atoms with Crippen molar-refractivity contribution in [2.45, 2.75) is 32.2 Å². The highest BCUT2D eigenvalue weighted by Crippen LogP contribution is 2.44. The number of aliphatic hydroxyl groups is 1. The summed E-state index contributed by atoms with van der Waals surface area (Å²) in [6, 6.07) is 15.6. The number of fused-ring (bicyclic) bond motifs is 3. The third kappa shape index (κ3) is 4.95. The van der Waals surface area contributed by atoms with Gasteiger partial charge in [0.2, 0.25) is 5.91 Å². The van der Waals surface area contributed by atoms with Gasteiger partial charge in [0.25, 0.3) is 0 Å². The Hall–Kier alpha value is -2.86. The zero-order valence-corrected chi connectivity index (χ0v) is 16.9. The number of hydrogen-bond donors (Lipinski definition) is 3. The van der Waals surface area contributed by atoms with Crippen LogP contribution in [-0.4, -0.2) is 42.9 Å². The first-order chi connectivity index (χ1) is 14.0. The van der Waals surface area contributed by atoms with Crippen molar-refractivity contribution < 1.29 is 19.4 Å². The van der Waals surface area contributed by atoms with Crippen molar-refractivity contribution in [2.75, 3.05) is 19.8 Å². The first-order valence-electron chi connectivity index (χ1n) is 10.0. The number of alkyl carbamates (subject to hydrolysis) is 1. The van der Waals surface area contributed by atoms with Crippen LogP contribution in [0.15, 0.2) is 48.5 Å². The third-order valence-corrected chi connectivity index (χ3v) is 5.07. The summed E-state index contributed by atoms with van der Waals surface area (Å²) >= 11 is 0. The number of ether oxygens (including phenoxy) is 1. The van der Waals surface area contributed by atoms with E-state index in [9.17, 15) is 9.59 Å². The highest BCUT2D eigenvalue weighted by atomic mass is 16.5. The molecule has 1 atom stereocenters. The lowest BCUT2D eigenvalue weighted by atomic mass is 9.98. The van der Waals surface area contributed by atoms with Gasteiger partial charge >= 0.3 is 6.09 Å². The first kappa shape index (κ1) is 20.9. The van der Waals surface area contributed by atoms with Crippen LogP contribution in [0.2, 0.25) is 0 Å². The zero-order valence-electron chi connectivity index (χ0n) is 16.9. The molecule has 0 bridgehead atoms. The Bertz CT molecular complexity index is 820. The van der Waals surface area contributed by atoms with Crippen LogP contribution in [0.1, 0.15) is 37.3 Å². The van der Waals surface area contributed by atoms with E-state index in [2.05, 4.69) is 34.9 Å². The molecule has 29 heavy (non-hydrogen) atoms. The standard InChI is InChI=1S/C23H28N2O4/c1-15(2)13-21(22(27)24-11-12-26)25-23(28)29-14-20-18-9-5-3-7-16(18)17-8-4-6-10-19(17)20/h3-10,15,20-21,26H,11-14H2,1-2H3,(H,24,27)(H,25,28)/t21-/m0/s1. The molecule has 1 aliphatic carbocycles. The molecular formula is C23H28N2O4. The summed E-state index contributed by atoms with van der Waals surface area (Å²) in [6.07, 6.45) is -0.127. The van der Waals surface area contributed by atoms with Crippen LogP contribution in [-0.2, 0) is 9.53 Å². The van der Waals surface area contributed by atoms with E-state index in [0.29, 0.717) is 6.42 Å². The second-order valence-corrected chi connectivity index (χ2v) is 7.67. The molecule has 2 amide bonds. The second-order valence-electron chi connectivity index (χ2n) is 7.67. The molecule has 0 radical (unpaired) electrons. The monoisotopic (exact) mass is 396 g/mol. The van der Waals surface area contributed by atoms with Crippen LogP contribution in [0.25, 0.3) is 11.1 Å². The minimum absolute atomic E-state index is 0.0279. The Morgan fingerprint density at radius 3 is 2.17 bits per heavy atom. The van der Waals surface area contributed by atoms with Gasteiger partial charge < -0.3 is 20.5 Å². The number of nitrogens with one attached hydrogen (secondary N) is 2. The molecule has 6 nitrogen and oxygen atoms in total. The Balaban J connectivity index is 1.66. The maximum Gasteiger partial charge on any atom is 0.407 e. The van der Waals surface area contributed by atoms with E-state index in [4.69, 9.17) is 9.84 Å². The number of aliphatic hydroxyl groups excluding tert-OH is 1. The lowest BCUT2D eigenvalue weighted by Crippen LogP contribution is -2.48. The number of carbonyl (C=O) groups excluding carboxylic acids is 2. The quantitative estimate of drug-likeness (QED) is 0.640. The Labute approximate surface area is 171 Å². The van der Waals surface area contributed by atoms with Gasteiger partial charge in [-0.3, -0.25) is 4.79 Å². The van der Waals surface area contributed by atoms with Crippen LogP contribution in [0.5, 0.6) is 0 Å². The predicted octanol–water partition coefficient (Wildman–Crippen LogP) is 3.05. The van der Waals surface area contributed by atoms with Crippen molar-refractivity contribution in [2.24, 2.45) is 5.92 Å². The molecule has 0 unspecified atom stereocenters. The predicted molar refractivity (Wildman–Crippen MR) is 112 cm³/mol. The topological polar surface area (TPSA) is 87.7 Å². The average molecular weight is 396 g/mol. The summed E-state index contributed by atoms with van der Waals surface area (Å²) in [5.41, 5.74) is 4.61. The van der Waals surface area contributed by atoms with Crippen molar-refractivity contribution in [3.8, 4) is 11.1 Å². The molecule has 2 aromatic rings. The van der Waals surface area contributed by atoms with Gasteiger partial charge in [-0.05, 0) is 34.6 Å². The van der Waals surface area contributed by atoms with E-state index in [0.717, 1.165) is 22.3 Å². The smallest absolute Gasteiger partial charge is 0.407 e. The Morgan fingerprint density at radius 1 is 1.03 bits per heavy atom. The van der Waals surface area contributed by atoms with Gasteiger partial charge in [0.05, 0.1) is 6.61 Å². The molecule has 154 valence electrons. The van der Waals surface area contributed by atoms with Crippen molar-refractivity contribution in [3.05, 3.63) is 59.7 Å². The van der Waals surface area contributed by atoms with E-state index in [-0.39, 0.29) is 37.5 Å². The number of benzene rings is 2. The molecule has 0 spiro atoms. The van der Waals surface area contributed by atoms with Crippen LogP contribution in [0, 0.1) is 5.92 Å². The van der Waals surface area contributed by atoms with Gasteiger partial charge in [-0.15, -0.1) is 0 Å². The lowest BCUT2D eigenvalue weighted by Gasteiger charge is -2.21. The molecule has 1 aliphatic rings. The molecule has 6 heteroatoms. The highest BCUT2D eigenvalue weighted by molar-refractivity contribution is 5.85. The SMILES string of the molecule is CC(C)C[C@H](NC(=O)OCC1c2ccccc2-c2ccccc21)C(=O)NCCO. The summed E-state index contributed by atoms with van der Waals surface area (Å²) in [5, 5.41) is 14.2. The van der Waals surface area contributed by atoms with E-state index in [1.807, 2.05) is 38.1 Å². The third-order valence-electron chi connectivity index (χ3n) is 5.07. The number of rotatable bonds is 8. The van der Waals surface area contributed by atoms with Crippen molar-refractivity contribution >= 4 is 12.0 Å². The molecule has 0 aromatic heterocycles. The van der Waals surface area contributed by atoms with Crippen molar-refractivity contribution in [3.63, 3.8) is 0 Å². The molecule has 0 fully saturated rings. The molecule has 3 rings (SSSR count). The highest BCUT2D eigenvalue weighted by Gasteiger charge is 2.29. The molecule has 0 aliphatic heterocycles. The van der Waals surface area contributed by atoms with Crippen molar-refractivity contribution in [1.29, 1.82) is 0 Å². The van der Waals surface area contributed by atoms with Crippen LogP contribution in [0.3, 0.4) is 0 Å². The van der Waals surface area contributed by atoms with Gasteiger partial charge in [0, 0.05) is 12.5 Å². The van der Waals surface area contributed by atoms with Crippen LogP contribution >= 0.6 is 0 Å². The zero-order chi connectivity index (χ0) is 20.8. The van der Waals surface area contributed by atoms with Crippen molar-refractivity contribution in [1.82, 2.24) is 10.6 Å². The summed E-state index contributed by atoms with van der Waals surface area (Å²) in [4.78, 5) is 24.7. The number of amides is 2. The maximum atomic E-state index is 12.4. The fourth-order valence-corrected chi connectivity index (χ4v) is 3.79. The molecule has 2 aromatic carbocycles. The van der Waals surface area contributed by atoms with Crippen LogP contribution < -0.4 is 10.6 Å². The first-order valence-corrected chi connectivity index (χ1v) is 10.0. The number of carbonyl (C=O) groups is 2. The lowest BCUT2D eigenvalue weighted by molar-refractivity contribution is -0.123. The molecule has 0 saturated heterocycles. The summed E-state index contributed by atoms with van der Waals surface area (Å²) in [6.45, 7) is 4.16. The van der Waals surface area contributed by atoms with Gasteiger partial charge in [-0.2, -0.15) is 0 Å². The fourth-order valence-electron chi connectivity index (χ4n) is 3.79.